The van der Waals surface area contributed by atoms with Crippen LogP contribution in [0.4, 0.5) is 13.2 Å². The van der Waals surface area contributed by atoms with Gasteiger partial charge in [-0.15, -0.1) is 0 Å². The Bertz CT molecular complexity index is 1350. The van der Waals surface area contributed by atoms with Gasteiger partial charge in [0.15, 0.2) is 0 Å². The first-order chi connectivity index (χ1) is 17.8. The lowest BCUT2D eigenvalue weighted by atomic mass is 9.96. The fourth-order valence-corrected chi connectivity index (χ4v) is 5.78. The highest BCUT2D eigenvalue weighted by Gasteiger charge is 2.38. The number of ether oxygens (including phenoxy) is 2. The van der Waals surface area contributed by atoms with Crippen molar-refractivity contribution in [2.45, 2.75) is 57.1 Å². The number of carbonyl (C=O) groups is 1. The SMILES string of the molecule is O=C(O)C[C@@H]1COc2cc(O[C@@H]3CCc4c3ccc(C(F)(F)F)c4CN3CCn4nccc4C3)ccc21. The van der Waals surface area contributed by atoms with Gasteiger partial charge >= 0.3 is 12.1 Å². The molecule has 3 heterocycles. The summed E-state index contributed by atoms with van der Waals surface area (Å²) in [6, 6.07) is 9.99. The van der Waals surface area contributed by atoms with E-state index in [1.165, 1.54) is 6.07 Å². The smallest absolute Gasteiger partial charge is 0.416 e. The van der Waals surface area contributed by atoms with E-state index in [4.69, 9.17) is 14.6 Å². The number of carboxylic acids is 1. The van der Waals surface area contributed by atoms with Crippen LogP contribution in [0.15, 0.2) is 42.6 Å². The summed E-state index contributed by atoms with van der Waals surface area (Å²) in [5, 5.41) is 13.4. The minimum Gasteiger partial charge on any atom is -0.492 e. The quantitative estimate of drug-likeness (QED) is 0.504. The molecule has 6 rings (SSSR count). The highest BCUT2D eigenvalue weighted by molar-refractivity contribution is 5.68. The number of benzene rings is 2. The maximum absolute atomic E-state index is 14.0. The Hall–Kier alpha value is -3.53. The molecule has 0 bridgehead atoms. The maximum Gasteiger partial charge on any atom is 0.416 e. The minimum atomic E-state index is -4.44. The predicted octanol–water partition coefficient (Wildman–Crippen LogP) is 4.93. The van der Waals surface area contributed by atoms with Gasteiger partial charge in [0.2, 0.25) is 0 Å². The number of fused-ring (bicyclic) bond motifs is 3. The van der Waals surface area contributed by atoms with E-state index in [0.29, 0.717) is 56.1 Å². The number of alkyl halides is 3. The van der Waals surface area contributed by atoms with Crippen LogP contribution in [0.3, 0.4) is 0 Å². The standard InChI is InChI=1S/C27H26F3N3O4/c28-27(29,30)23-5-3-21-20(22(23)14-32-9-10-33-17(13-32)7-8-31-33)4-6-24(21)37-18-1-2-19-16(11-26(34)35)15-36-25(19)12-18/h1-3,5,7-8,12,16,24H,4,6,9-11,13-15H2,(H,34,35)/t16-,24-/m1/s1. The van der Waals surface area contributed by atoms with Crippen LogP contribution < -0.4 is 9.47 Å². The van der Waals surface area contributed by atoms with Crippen molar-refractivity contribution in [3.63, 3.8) is 0 Å². The third-order valence-electron chi connectivity index (χ3n) is 7.54. The summed E-state index contributed by atoms with van der Waals surface area (Å²) in [6.07, 6.45) is -2.01. The first kappa shape index (κ1) is 23.8. The summed E-state index contributed by atoms with van der Waals surface area (Å²) >= 11 is 0. The fraction of sp³-hybridized carbons (Fsp3) is 0.407. The van der Waals surface area contributed by atoms with Crippen molar-refractivity contribution in [3.8, 4) is 11.5 Å². The van der Waals surface area contributed by atoms with Crippen molar-refractivity contribution >= 4 is 5.97 Å². The van der Waals surface area contributed by atoms with E-state index in [9.17, 15) is 18.0 Å². The highest BCUT2D eigenvalue weighted by Crippen LogP contribution is 2.44. The fourth-order valence-electron chi connectivity index (χ4n) is 5.78. The number of aliphatic carboxylic acids is 1. The first-order valence-electron chi connectivity index (χ1n) is 12.4. The normalized spacial score (nSPS) is 20.7. The maximum atomic E-state index is 14.0. The summed E-state index contributed by atoms with van der Waals surface area (Å²) < 4.78 is 55.9. The third-order valence-corrected chi connectivity index (χ3v) is 7.54. The Morgan fingerprint density at radius 3 is 2.81 bits per heavy atom. The van der Waals surface area contributed by atoms with Gasteiger partial charge in [0.25, 0.3) is 0 Å². The number of carboxylic acid groups (broad SMARTS) is 1. The topological polar surface area (TPSA) is 76.8 Å². The van der Waals surface area contributed by atoms with Crippen LogP contribution in [0.25, 0.3) is 0 Å². The first-order valence-corrected chi connectivity index (χ1v) is 12.4. The molecule has 0 radical (unpaired) electrons. The molecule has 194 valence electrons. The number of aromatic nitrogens is 2. The van der Waals surface area contributed by atoms with E-state index in [2.05, 4.69) is 5.10 Å². The van der Waals surface area contributed by atoms with Crippen LogP contribution >= 0.6 is 0 Å². The van der Waals surface area contributed by atoms with Crippen molar-refractivity contribution in [1.82, 2.24) is 14.7 Å². The second kappa shape index (κ2) is 9.09. The number of rotatable bonds is 6. The summed E-state index contributed by atoms with van der Waals surface area (Å²) in [4.78, 5) is 13.1. The average molecular weight is 514 g/mol. The lowest BCUT2D eigenvalue weighted by molar-refractivity contribution is -0.139. The lowest BCUT2D eigenvalue weighted by Crippen LogP contribution is -2.34. The zero-order valence-corrected chi connectivity index (χ0v) is 20.0. The molecule has 3 aromatic rings. The molecule has 2 aliphatic heterocycles. The zero-order valence-electron chi connectivity index (χ0n) is 20.0. The van der Waals surface area contributed by atoms with E-state index >= 15 is 0 Å². The molecular formula is C27H26F3N3O4. The van der Waals surface area contributed by atoms with Gasteiger partial charge in [-0.1, -0.05) is 12.1 Å². The molecule has 0 saturated heterocycles. The molecule has 1 N–H and O–H groups in total. The van der Waals surface area contributed by atoms with Crippen LogP contribution in [-0.2, 0) is 37.0 Å². The number of halogens is 3. The predicted molar refractivity (Wildman–Crippen MR) is 126 cm³/mol. The van der Waals surface area contributed by atoms with Crippen molar-refractivity contribution in [2.24, 2.45) is 0 Å². The van der Waals surface area contributed by atoms with Gasteiger partial charge in [0, 0.05) is 43.4 Å². The van der Waals surface area contributed by atoms with Gasteiger partial charge in [-0.05, 0) is 47.7 Å². The van der Waals surface area contributed by atoms with Crippen molar-refractivity contribution < 1.29 is 32.5 Å². The molecule has 0 saturated carbocycles. The average Bonchev–Trinajstić information content (AvgIpc) is 3.57. The van der Waals surface area contributed by atoms with E-state index in [1.54, 1.807) is 24.4 Å². The molecule has 10 heteroatoms. The Morgan fingerprint density at radius 1 is 1.16 bits per heavy atom. The summed E-state index contributed by atoms with van der Waals surface area (Å²) in [5.41, 5.74) is 3.09. The van der Waals surface area contributed by atoms with E-state index in [-0.39, 0.29) is 25.0 Å². The molecule has 0 fully saturated rings. The highest BCUT2D eigenvalue weighted by atomic mass is 19.4. The van der Waals surface area contributed by atoms with Crippen LogP contribution in [0.1, 0.15) is 58.4 Å². The van der Waals surface area contributed by atoms with E-state index in [1.807, 2.05) is 21.7 Å². The van der Waals surface area contributed by atoms with Crippen molar-refractivity contribution in [1.29, 1.82) is 0 Å². The summed E-state index contributed by atoms with van der Waals surface area (Å²) in [6.45, 7) is 2.36. The second-order valence-corrected chi connectivity index (χ2v) is 9.86. The number of nitrogens with zero attached hydrogens (tertiary/aromatic N) is 3. The monoisotopic (exact) mass is 513 g/mol. The van der Waals surface area contributed by atoms with Crippen LogP contribution in [-0.4, -0.2) is 38.9 Å². The van der Waals surface area contributed by atoms with Crippen LogP contribution in [0.2, 0.25) is 0 Å². The van der Waals surface area contributed by atoms with Crippen molar-refractivity contribution in [3.05, 3.63) is 76.1 Å². The number of hydrogen-bond acceptors (Lipinski definition) is 5. The van der Waals surface area contributed by atoms with Crippen molar-refractivity contribution in [2.75, 3.05) is 13.2 Å². The Labute approximate surface area is 211 Å². The largest absolute Gasteiger partial charge is 0.492 e. The molecule has 2 aromatic carbocycles. The molecule has 0 spiro atoms. The molecule has 37 heavy (non-hydrogen) atoms. The molecule has 1 aromatic heterocycles. The van der Waals surface area contributed by atoms with Gasteiger partial charge in [-0.2, -0.15) is 18.3 Å². The third kappa shape index (κ3) is 4.54. The zero-order chi connectivity index (χ0) is 25.7. The molecule has 2 atom stereocenters. The van der Waals surface area contributed by atoms with Gasteiger partial charge in [-0.25, -0.2) is 0 Å². The van der Waals surface area contributed by atoms with Gasteiger partial charge in [0.05, 0.1) is 30.8 Å². The van der Waals surface area contributed by atoms with E-state index in [0.717, 1.165) is 22.4 Å². The molecule has 0 unspecified atom stereocenters. The van der Waals surface area contributed by atoms with Gasteiger partial charge in [-0.3, -0.25) is 14.4 Å². The molecule has 3 aliphatic rings. The summed E-state index contributed by atoms with van der Waals surface area (Å²) in [5.74, 6) is 0.0665. The Balaban J connectivity index is 1.25. The Kier molecular flexibility index (Phi) is 5.86. The van der Waals surface area contributed by atoms with Crippen LogP contribution in [0, 0.1) is 0 Å². The molecule has 7 nitrogen and oxygen atoms in total. The number of hydrogen-bond donors (Lipinski definition) is 1. The lowest BCUT2D eigenvalue weighted by Gasteiger charge is -2.29. The molecule has 0 amide bonds. The van der Waals surface area contributed by atoms with Gasteiger partial charge in [0.1, 0.15) is 17.6 Å². The van der Waals surface area contributed by atoms with Gasteiger partial charge < -0.3 is 14.6 Å². The molecular weight excluding hydrogens is 487 g/mol. The Morgan fingerprint density at radius 2 is 2.00 bits per heavy atom. The minimum absolute atomic E-state index is 0.00707. The van der Waals surface area contributed by atoms with E-state index < -0.39 is 17.7 Å². The summed E-state index contributed by atoms with van der Waals surface area (Å²) in [7, 11) is 0. The second-order valence-electron chi connectivity index (χ2n) is 9.86. The molecule has 1 aliphatic carbocycles. The van der Waals surface area contributed by atoms with Crippen LogP contribution in [0.5, 0.6) is 11.5 Å².